The predicted molar refractivity (Wildman–Crippen MR) is 58.2 cm³/mol. The molecule has 0 unspecified atom stereocenters. The zero-order chi connectivity index (χ0) is 9.26. The maximum absolute atomic E-state index is 5.78. The second-order valence-corrected chi connectivity index (χ2v) is 4.55. The van der Waals surface area contributed by atoms with E-state index in [-0.39, 0.29) is 0 Å². The van der Waals surface area contributed by atoms with Gasteiger partial charge in [0.25, 0.3) is 0 Å². The highest BCUT2D eigenvalue weighted by Gasteiger charge is 2.18. The van der Waals surface area contributed by atoms with Crippen molar-refractivity contribution in [2.24, 2.45) is 0 Å². The molecule has 1 N–H and O–H groups in total. The molecule has 70 valence electrons. The van der Waals surface area contributed by atoms with Crippen molar-refractivity contribution >= 4 is 33.3 Å². The van der Waals surface area contributed by atoms with Crippen molar-refractivity contribution in [3.05, 3.63) is 21.8 Å². The molecule has 1 saturated carbocycles. The zero-order valence-electron chi connectivity index (χ0n) is 7.06. The molecule has 13 heavy (non-hydrogen) atoms. The number of rotatable bonds is 2. The van der Waals surface area contributed by atoms with Crippen molar-refractivity contribution in [2.45, 2.75) is 25.3 Å². The number of nitrogens with one attached hydrogen (secondary N) is 1. The van der Waals surface area contributed by atoms with Gasteiger partial charge in [-0.3, -0.25) is 0 Å². The lowest BCUT2D eigenvalue weighted by Crippen LogP contribution is -2.27. The number of halogens is 2. The van der Waals surface area contributed by atoms with Crippen molar-refractivity contribution in [1.82, 2.24) is 4.98 Å². The Kier molecular flexibility index (Phi) is 2.74. The van der Waals surface area contributed by atoms with E-state index in [1.54, 1.807) is 6.20 Å². The summed E-state index contributed by atoms with van der Waals surface area (Å²) in [4.78, 5) is 4.21. The number of hydrogen-bond acceptors (Lipinski definition) is 2. The molecule has 0 saturated heterocycles. The number of anilines is 1. The van der Waals surface area contributed by atoms with Crippen LogP contribution in [0.25, 0.3) is 0 Å². The van der Waals surface area contributed by atoms with Crippen LogP contribution in [0.4, 0.5) is 5.82 Å². The monoisotopic (exact) mass is 260 g/mol. The van der Waals surface area contributed by atoms with Gasteiger partial charge < -0.3 is 5.32 Å². The minimum Gasteiger partial charge on any atom is -0.366 e. The largest absolute Gasteiger partial charge is 0.366 e. The maximum Gasteiger partial charge on any atom is 0.140 e. The Morgan fingerprint density at radius 2 is 2.31 bits per heavy atom. The van der Waals surface area contributed by atoms with E-state index in [9.17, 15) is 0 Å². The molecule has 0 atom stereocenters. The van der Waals surface area contributed by atoms with Gasteiger partial charge >= 0.3 is 0 Å². The highest BCUT2D eigenvalue weighted by atomic mass is 79.9. The first kappa shape index (κ1) is 9.28. The number of aromatic nitrogens is 1. The van der Waals surface area contributed by atoms with Crippen molar-refractivity contribution < 1.29 is 0 Å². The topological polar surface area (TPSA) is 24.9 Å². The van der Waals surface area contributed by atoms with E-state index >= 15 is 0 Å². The molecule has 0 aliphatic heterocycles. The maximum atomic E-state index is 5.78. The van der Waals surface area contributed by atoms with Crippen LogP contribution in [-0.2, 0) is 0 Å². The third-order valence-electron chi connectivity index (χ3n) is 2.25. The van der Waals surface area contributed by atoms with Gasteiger partial charge in [0.2, 0.25) is 0 Å². The summed E-state index contributed by atoms with van der Waals surface area (Å²) in [7, 11) is 0. The Balaban J connectivity index is 2.10. The Bertz CT molecular complexity index is 312. The molecule has 1 aliphatic carbocycles. The zero-order valence-corrected chi connectivity index (χ0v) is 9.40. The van der Waals surface area contributed by atoms with Crippen LogP contribution in [0.2, 0.25) is 5.02 Å². The van der Waals surface area contributed by atoms with E-state index in [0.717, 1.165) is 10.3 Å². The van der Waals surface area contributed by atoms with E-state index in [1.165, 1.54) is 19.3 Å². The fraction of sp³-hybridized carbons (Fsp3) is 0.444. The van der Waals surface area contributed by atoms with Crippen LogP contribution in [-0.4, -0.2) is 11.0 Å². The van der Waals surface area contributed by atoms with Gasteiger partial charge in [-0.1, -0.05) is 11.6 Å². The molecule has 0 spiro atoms. The van der Waals surface area contributed by atoms with Crippen molar-refractivity contribution in [3.8, 4) is 0 Å². The molecule has 0 amide bonds. The molecule has 1 fully saturated rings. The molecule has 1 aliphatic rings. The lowest BCUT2D eigenvalue weighted by molar-refractivity contribution is 0.444. The fourth-order valence-electron chi connectivity index (χ4n) is 1.27. The van der Waals surface area contributed by atoms with E-state index in [0.29, 0.717) is 11.1 Å². The average molecular weight is 262 g/mol. The standard InChI is InChI=1S/C9H10BrClN2/c10-8-4-6(11)5-12-9(8)13-7-2-1-3-7/h4-5,7H,1-3H2,(H,12,13). The quantitative estimate of drug-likeness (QED) is 0.882. The molecule has 4 heteroatoms. The van der Waals surface area contributed by atoms with Gasteiger partial charge in [0.05, 0.1) is 9.50 Å². The Labute approximate surface area is 90.8 Å². The summed E-state index contributed by atoms with van der Waals surface area (Å²) in [6.45, 7) is 0. The molecular weight excluding hydrogens is 251 g/mol. The van der Waals surface area contributed by atoms with Crippen LogP contribution in [0.5, 0.6) is 0 Å². The van der Waals surface area contributed by atoms with Gasteiger partial charge in [0.15, 0.2) is 0 Å². The summed E-state index contributed by atoms with van der Waals surface area (Å²) in [5, 5.41) is 4.02. The van der Waals surface area contributed by atoms with Gasteiger partial charge in [-0.05, 0) is 41.3 Å². The summed E-state index contributed by atoms with van der Waals surface area (Å²) < 4.78 is 0.937. The summed E-state index contributed by atoms with van der Waals surface area (Å²) in [6, 6.07) is 2.46. The van der Waals surface area contributed by atoms with E-state index in [2.05, 4.69) is 26.2 Å². The second-order valence-electron chi connectivity index (χ2n) is 3.26. The summed E-state index contributed by atoms with van der Waals surface area (Å²) >= 11 is 9.20. The van der Waals surface area contributed by atoms with Crippen LogP contribution >= 0.6 is 27.5 Å². The third kappa shape index (κ3) is 2.15. The molecule has 0 radical (unpaired) electrons. The van der Waals surface area contributed by atoms with Crippen LogP contribution in [0.1, 0.15) is 19.3 Å². The average Bonchev–Trinajstić information content (AvgIpc) is 1.99. The van der Waals surface area contributed by atoms with Crippen molar-refractivity contribution in [2.75, 3.05) is 5.32 Å². The van der Waals surface area contributed by atoms with E-state index < -0.39 is 0 Å². The molecule has 2 nitrogen and oxygen atoms in total. The molecular formula is C9H10BrClN2. The SMILES string of the molecule is Clc1cnc(NC2CCC2)c(Br)c1. The fourth-order valence-corrected chi connectivity index (χ4v) is 2.02. The van der Waals surface area contributed by atoms with Crippen LogP contribution in [0.15, 0.2) is 16.7 Å². The molecule has 2 rings (SSSR count). The highest BCUT2D eigenvalue weighted by molar-refractivity contribution is 9.10. The lowest BCUT2D eigenvalue weighted by Gasteiger charge is -2.27. The molecule has 1 aromatic rings. The predicted octanol–water partition coefficient (Wildman–Crippen LogP) is 3.46. The Morgan fingerprint density at radius 1 is 1.54 bits per heavy atom. The van der Waals surface area contributed by atoms with Gasteiger partial charge in [0.1, 0.15) is 5.82 Å². The minimum absolute atomic E-state index is 0.602. The normalized spacial score (nSPS) is 16.8. The van der Waals surface area contributed by atoms with Crippen molar-refractivity contribution in [1.29, 1.82) is 0 Å². The number of nitrogens with zero attached hydrogens (tertiary/aromatic N) is 1. The number of hydrogen-bond donors (Lipinski definition) is 1. The Morgan fingerprint density at radius 3 is 2.85 bits per heavy atom. The summed E-state index contributed by atoms with van der Waals surface area (Å²) in [6.07, 6.45) is 5.48. The number of pyridine rings is 1. The third-order valence-corrected chi connectivity index (χ3v) is 3.07. The minimum atomic E-state index is 0.602. The second kappa shape index (κ2) is 3.84. The van der Waals surface area contributed by atoms with Crippen LogP contribution in [0, 0.1) is 0 Å². The van der Waals surface area contributed by atoms with Gasteiger partial charge in [-0.25, -0.2) is 4.98 Å². The molecule has 0 aromatic carbocycles. The molecule has 1 aromatic heterocycles. The smallest absolute Gasteiger partial charge is 0.140 e. The van der Waals surface area contributed by atoms with Gasteiger partial charge in [0, 0.05) is 12.2 Å². The van der Waals surface area contributed by atoms with E-state index in [4.69, 9.17) is 11.6 Å². The first-order valence-corrected chi connectivity index (χ1v) is 5.50. The molecule has 1 heterocycles. The van der Waals surface area contributed by atoms with E-state index in [1.807, 2.05) is 6.07 Å². The van der Waals surface area contributed by atoms with Crippen LogP contribution in [0.3, 0.4) is 0 Å². The Hall–Kier alpha value is -0.280. The van der Waals surface area contributed by atoms with Gasteiger partial charge in [-0.15, -0.1) is 0 Å². The summed E-state index contributed by atoms with van der Waals surface area (Å²) in [5.41, 5.74) is 0. The van der Waals surface area contributed by atoms with Crippen molar-refractivity contribution in [3.63, 3.8) is 0 Å². The first-order valence-electron chi connectivity index (χ1n) is 4.33. The molecule has 0 bridgehead atoms. The van der Waals surface area contributed by atoms with Gasteiger partial charge in [-0.2, -0.15) is 0 Å². The highest BCUT2D eigenvalue weighted by Crippen LogP contribution is 2.28. The first-order chi connectivity index (χ1) is 6.25. The van der Waals surface area contributed by atoms with Crippen LogP contribution < -0.4 is 5.32 Å². The lowest BCUT2D eigenvalue weighted by atomic mass is 9.93. The summed E-state index contributed by atoms with van der Waals surface area (Å²) in [5.74, 6) is 0.897.